The average molecular weight is 206 g/mol. The lowest BCUT2D eigenvalue weighted by Gasteiger charge is -2.22. The van der Waals surface area contributed by atoms with Crippen molar-refractivity contribution >= 4 is 5.69 Å². The zero-order valence-electron chi connectivity index (χ0n) is 8.59. The first-order chi connectivity index (χ1) is 7.19. The molecule has 0 aromatic heterocycles. The molecule has 0 spiro atoms. The Hall–Kier alpha value is -1.57. The van der Waals surface area contributed by atoms with Gasteiger partial charge in [-0.2, -0.15) is 5.26 Å². The monoisotopic (exact) mass is 206 g/mol. The van der Waals surface area contributed by atoms with Crippen LogP contribution in [0, 0.1) is 11.3 Å². The highest BCUT2D eigenvalue weighted by atomic mass is 16.3. The number of hydrogen-bond acceptors (Lipinski definition) is 4. The molecule has 1 aromatic carbocycles. The van der Waals surface area contributed by atoms with Crippen LogP contribution in [0.4, 0.5) is 5.69 Å². The molecular formula is C11H14N2O2. The molecule has 1 aromatic rings. The Bertz CT molecular complexity index is 360. The quantitative estimate of drug-likeness (QED) is 0.745. The van der Waals surface area contributed by atoms with Gasteiger partial charge >= 0.3 is 0 Å². The molecule has 0 heterocycles. The third-order valence-electron chi connectivity index (χ3n) is 2.13. The van der Waals surface area contributed by atoms with E-state index in [4.69, 9.17) is 10.4 Å². The van der Waals surface area contributed by atoms with Crippen molar-refractivity contribution < 1.29 is 10.2 Å². The number of nitrogens with zero attached hydrogens (tertiary/aromatic N) is 2. The molecule has 0 amide bonds. The van der Waals surface area contributed by atoms with E-state index >= 15 is 0 Å². The van der Waals surface area contributed by atoms with Crippen molar-refractivity contribution in [3.63, 3.8) is 0 Å². The number of hydrogen-bond donors (Lipinski definition) is 2. The van der Waals surface area contributed by atoms with Gasteiger partial charge in [-0.3, -0.25) is 0 Å². The third-order valence-corrected chi connectivity index (χ3v) is 2.13. The number of nitriles is 1. The standard InChI is InChI=1S/C11H14N2O2/c1-13(7-10(15)8-14)11-5-3-2-4-9(11)6-12/h2-5,10,14-15H,7-8H2,1H3. The highest BCUT2D eigenvalue weighted by Gasteiger charge is 2.10. The van der Waals surface area contributed by atoms with Gasteiger partial charge in [0, 0.05) is 13.6 Å². The third kappa shape index (κ3) is 2.94. The number of aliphatic hydroxyl groups excluding tert-OH is 2. The first-order valence-electron chi connectivity index (χ1n) is 4.68. The lowest BCUT2D eigenvalue weighted by atomic mass is 10.1. The first kappa shape index (κ1) is 11.5. The average Bonchev–Trinajstić information content (AvgIpc) is 2.28. The van der Waals surface area contributed by atoms with E-state index in [-0.39, 0.29) is 6.61 Å². The number of rotatable bonds is 4. The predicted molar refractivity (Wildman–Crippen MR) is 57.5 cm³/mol. The van der Waals surface area contributed by atoms with Crippen LogP contribution in [0.2, 0.25) is 0 Å². The van der Waals surface area contributed by atoms with E-state index in [2.05, 4.69) is 6.07 Å². The fourth-order valence-corrected chi connectivity index (χ4v) is 1.37. The Balaban J connectivity index is 2.82. The number of anilines is 1. The molecule has 0 saturated carbocycles. The van der Waals surface area contributed by atoms with E-state index in [1.807, 2.05) is 12.1 Å². The van der Waals surface area contributed by atoms with Gasteiger partial charge in [-0.15, -0.1) is 0 Å². The van der Waals surface area contributed by atoms with Gasteiger partial charge < -0.3 is 15.1 Å². The van der Waals surface area contributed by atoms with Crippen LogP contribution in [0.1, 0.15) is 5.56 Å². The first-order valence-corrected chi connectivity index (χ1v) is 4.68. The molecule has 0 bridgehead atoms. The Morgan fingerprint density at radius 1 is 1.47 bits per heavy atom. The molecule has 1 atom stereocenters. The summed E-state index contributed by atoms with van der Waals surface area (Å²) >= 11 is 0. The maximum Gasteiger partial charge on any atom is 0.101 e. The molecule has 0 fully saturated rings. The summed E-state index contributed by atoms with van der Waals surface area (Å²) in [6.45, 7) is 0.0221. The maximum atomic E-state index is 9.28. The maximum absolute atomic E-state index is 9.28. The van der Waals surface area contributed by atoms with E-state index in [1.165, 1.54) is 0 Å². The van der Waals surface area contributed by atoms with Gasteiger partial charge in [0.25, 0.3) is 0 Å². The van der Waals surface area contributed by atoms with Crippen LogP contribution < -0.4 is 4.90 Å². The van der Waals surface area contributed by atoms with Crippen LogP contribution in [0.3, 0.4) is 0 Å². The van der Waals surface area contributed by atoms with E-state index < -0.39 is 6.10 Å². The Labute approximate surface area is 89.0 Å². The van der Waals surface area contributed by atoms with Gasteiger partial charge in [0.1, 0.15) is 6.07 Å². The van der Waals surface area contributed by atoms with Gasteiger partial charge in [0.2, 0.25) is 0 Å². The summed E-state index contributed by atoms with van der Waals surface area (Å²) in [6.07, 6.45) is -0.790. The largest absolute Gasteiger partial charge is 0.394 e. The van der Waals surface area contributed by atoms with Crippen LogP contribution in [-0.2, 0) is 0 Å². The van der Waals surface area contributed by atoms with Gasteiger partial charge in [-0.25, -0.2) is 0 Å². The van der Waals surface area contributed by atoms with E-state index in [0.717, 1.165) is 5.69 Å². The summed E-state index contributed by atoms with van der Waals surface area (Å²) in [7, 11) is 1.77. The van der Waals surface area contributed by atoms with Crippen LogP contribution in [0.5, 0.6) is 0 Å². The van der Waals surface area contributed by atoms with Crippen molar-refractivity contribution in [3.05, 3.63) is 29.8 Å². The minimum absolute atomic E-state index is 0.279. The van der Waals surface area contributed by atoms with Crippen LogP contribution in [0.15, 0.2) is 24.3 Å². The van der Waals surface area contributed by atoms with E-state index in [1.54, 1.807) is 24.1 Å². The van der Waals surface area contributed by atoms with Crippen molar-refractivity contribution in [3.8, 4) is 6.07 Å². The smallest absolute Gasteiger partial charge is 0.101 e. The Kier molecular flexibility index (Phi) is 4.10. The summed E-state index contributed by atoms with van der Waals surface area (Å²) < 4.78 is 0. The SMILES string of the molecule is CN(CC(O)CO)c1ccccc1C#N. The van der Waals surface area contributed by atoms with E-state index in [0.29, 0.717) is 12.1 Å². The molecule has 4 nitrogen and oxygen atoms in total. The fraction of sp³-hybridized carbons (Fsp3) is 0.364. The van der Waals surface area contributed by atoms with Crippen LogP contribution >= 0.6 is 0 Å². The van der Waals surface area contributed by atoms with Gasteiger partial charge in [0.05, 0.1) is 24.0 Å². The summed E-state index contributed by atoms with van der Waals surface area (Å²) in [6, 6.07) is 9.23. The predicted octanol–water partition coefficient (Wildman–Crippen LogP) is 0.348. The molecule has 0 aliphatic rings. The number of likely N-dealkylation sites (N-methyl/N-ethyl adjacent to an activating group) is 1. The molecule has 2 N–H and O–H groups in total. The van der Waals surface area contributed by atoms with Crippen molar-refractivity contribution in [2.45, 2.75) is 6.10 Å². The zero-order chi connectivity index (χ0) is 11.3. The topological polar surface area (TPSA) is 67.5 Å². The van der Waals surface area contributed by atoms with Crippen molar-refractivity contribution in [2.24, 2.45) is 0 Å². The molecule has 0 aliphatic heterocycles. The number of benzene rings is 1. The highest BCUT2D eigenvalue weighted by Crippen LogP contribution is 2.17. The van der Waals surface area contributed by atoms with Gasteiger partial charge in [-0.1, -0.05) is 12.1 Å². The molecule has 1 rings (SSSR count). The molecular weight excluding hydrogens is 192 g/mol. The van der Waals surface area contributed by atoms with Crippen molar-refractivity contribution in [1.29, 1.82) is 5.26 Å². The Morgan fingerprint density at radius 2 is 2.13 bits per heavy atom. The lowest BCUT2D eigenvalue weighted by molar-refractivity contribution is 0.101. The van der Waals surface area contributed by atoms with Crippen molar-refractivity contribution in [2.75, 3.05) is 25.1 Å². The summed E-state index contributed by atoms with van der Waals surface area (Å²) in [4.78, 5) is 1.75. The van der Waals surface area contributed by atoms with Crippen LogP contribution in [0.25, 0.3) is 0 Å². The molecule has 1 unspecified atom stereocenters. The Morgan fingerprint density at radius 3 is 2.73 bits per heavy atom. The van der Waals surface area contributed by atoms with Gasteiger partial charge in [-0.05, 0) is 12.1 Å². The molecule has 4 heteroatoms. The molecule has 0 aliphatic carbocycles. The second-order valence-corrected chi connectivity index (χ2v) is 3.35. The fourth-order valence-electron chi connectivity index (χ4n) is 1.37. The second-order valence-electron chi connectivity index (χ2n) is 3.35. The molecule has 0 radical (unpaired) electrons. The normalized spacial score (nSPS) is 11.9. The zero-order valence-corrected chi connectivity index (χ0v) is 8.59. The number of para-hydroxylation sites is 1. The minimum atomic E-state index is -0.790. The minimum Gasteiger partial charge on any atom is -0.394 e. The molecule has 80 valence electrons. The lowest BCUT2D eigenvalue weighted by Crippen LogP contribution is -2.31. The van der Waals surface area contributed by atoms with Crippen LogP contribution in [-0.4, -0.2) is 36.5 Å². The van der Waals surface area contributed by atoms with Gasteiger partial charge in [0.15, 0.2) is 0 Å². The van der Waals surface area contributed by atoms with E-state index in [9.17, 15) is 5.11 Å². The number of aliphatic hydroxyl groups is 2. The highest BCUT2D eigenvalue weighted by molar-refractivity contribution is 5.58. The summed E-state index contributed by atoms with van der Waals surface area (Å²) in [5.41, 5.74) is 1.32. The summed E-state index contributed by atoms with van der Waals surface area (Å²) in [5.74, 6) is 0. The second kappa shape index (κ2) is 5.35. The summed E-state index contributed by atoms with van der Waals surface area (Å²) in [5, 5.41) is 26.9. The molecule has 0 saturated heterocycles. The molecule has 15 heavy (non-hydrogen) atoms. The van der Waals surface area contributed by atoms with Crippen molar-refractivity contribution in [1.82, 2.24) is 0 Å².